The zero-order valence-electron chi connectivity index (χ0n) is 23.3. The van der Waals surface area contributed by atoms with E-state index in [2.05, 4.69) is 21.2 Å². The van der Waals surface area contributed by atoms with E-state index in [1.807, 2.05) is 68.4 Å². The molecule has 0 spiro atoms. The van der Waals surface area contributed by atoms with Crippen molar-refractivity contribution in [1.82, 2.24) is 14.5 Å². The molecule has 0 saturated carbocycles. The second-order valence-corrected chi connectivity index (χ2v) is 12.9. The van der Waals surface area contributed by atoms with Crippen molar-refractivity contribution in [2.75, 3.05) is 13.6 Å². The van der Waals surface area contributed by atoms with E-state index in [9.17, 15) is 18.0 Å². The van der Waals surface area contributed by atoms with Crippen molar-refractivity contribution in [3.05, 3.63) is 101 Å². The molecule has 9 heteroatoms. The molecule has 3 aromatic carbocycles. The number of carbonyl (C=O) groups excluding carboxylic acids is 2. The molecule has 0 heterocycles. The van der Waals surface area contributed by atoms with Crippen molar-refractivity contribution in [3.8, 4) is 0 Å². The second-order valence-electron chi connectivity index (χ2n) is 9.92. The quantitative estimate of drug-likeness (QED) is 0.259. The standard InChI is InChI=1S/C31H38BrN3O4S/c1-4-24(2)33-31(37)29(22-25-13-7-5-8-14-25)35(23-26-15-11-16-27(32)21-26)30(36)19-12-20-34(3)40(38,39)28-17-9-6-10-18-28/h5-11,13-18,21,24,29H,4,12,19-20,22-23H2,1-3H3,(H,33,37)/t24-,29-/m0/s1. The smallest absolute Gasteiger partial charge is 0.243 e. The fraction of sp³-hybridized carbons (Fsp3) is 0.355. The van der Waals surface area contributed by atoms with Crippen LogP contribution < -0.4 is 5.32 Å². The fourth-order valence-corrected chi connectivity index (χ4v) is 5.99. The van der Waals surface area contributed by atoms with E-state index in [0.29, 0.717) is 12.8 Å². The van der Waals surface area contributed by atoms with Crippen LogP contribution in [-0.2, 0) is 32.6 Å². The number of hydrogen-bond donors (Lipinski definition) is 1. The van der Waals surface area contributed by atoms with E-state index in [1.54, 1.807) is 35.2 Å². The van der Waals surface area contributed by atoms with Gasteiger partial charge in [-0.1, -0.05) is 83.5 Å². The van der Waals surface area contributed by atoms with Crippen LogP contribution in [0.1, 0.15) is 44.2 Å². The number of rotatable bonds is 14. The third kappa shape index (κ3) is 9.01. The minimum Gasteiger partial charge on any atom is -0.352 e. The van der Waals surface area contributed by atoms with Crippen LogP contribution >= 0.6 is 15.9 Å². The summed E-state index contributed by atoms with van der Waals surface area (Å²) in [4.78, 5) is 29.2. The minimum atomic E-state index is -3.66. The molecule has 40 heavy (non-hydrogen) atoms. The van der Waals surface area contributed by atoms with Crippen molar-refractivity contribution in [2.45, 2.75) is 63.1 Å². The molecule has 0 aromatic heterocycles. The SMILES string of the molecule is CC[C@H](C)NC(=O)[C@H](Cc1ccccc1)N(Cc1cccc(Br)c1)C(=O)CCCN(C)S(=O)(=O)c1ccccc1. The van der Waals surface area contributed by atoms with Crippen LogP contribution in [0.5, 0.6) is 0 Å². The zero-order valence-corrected chi connectivity index (χ0v) is 25.7. The number of sulfonamides is 1. The van der Waals surface area contributed by atoms with Gasteiger partial charge in [0.15, 0.2) is 0 Å². The van der Waals surface area contributed by atoms with Crippen LogP contribution in [0, 0.1) is 0 Å². The summed E-state index contributed by atoms with van der Waals surface area (Å²) in [5.74, 6) is -0.406. The Morgan fingerprint density at radius 1 is 0.925 bits per heavy atom. The largest absolute Gasteiger partial charge is 0.352 e. The molecule has 1 N–H and O–H groups in total. The summed E-state index contributed by atoms with van der Waals surface area (Å²) in [7, 11) is -2.14. The first kappa shape index (κ1) is 31.5. The van der Waals surface area contributed by atoms with E-state index in [-0.39, 0.29) is 42.3 Å². The number of carbonyl (C=O) groups is 2. The summed E-state index contributed by atoms with van der Waals surface area (Å²) in [5, 5.41) is 3.07. The molecule has 214 valence electrons. The highest BCUT2D eigenvalue weighted by atomic mass is 79.9. The highest BCUT2D eigenvalue weighted by molar-refractivity contribution is 9.10. The Balaban J connectivity index is 1.83. The van der Waals surface area contributed by atoms with Gasteiger partial charge in [-0.15, -0.1) is 0 Å². The number of amides is 2. The van der Waals surface area contributed by atoms with E-state index in [4.69, 9.17) is 0 Å². The van der Waals surface area contributed by atoms with Gasteiger partial charge in [0.25, 0.3) is 0 Å². The lowest BCUT2D eigenvalue weighted by molar-refractivity contribution is -0.141. The topological polar surface area (TPSA) is 86.8 Å². The molecule has 0 aliphatic carbocycles. The third-order valence-corrected chi connectivity index (χ3v) is 9.19. The number of halogens is 1. The summed E-state index contributed by atoms with van der Waals surface area (Å²) in [6.07, 6.45) is 1.56. The van der Waals surface area contributed by atoms with Crippen molar-refractivity contribution in [3.63, 3.8) is 0 Å². The monoisotopic (exact) mass is 627 g/mol. The number of benzene rings is 3. The number of nitrogens with one attached hydrogen (secondary N) is 1. The van der Waals surface area contributed by atoms with Gasteiger partial charge in [-0.2, -0.15) is 0 Å². The van der Waals surface area contributed by atoms with E-state index in [0.717, 1.165) is 22.0 Å². The average Bonchev–Trinajstić information content (AvgIpc) is 2.95. The summed E-state index contributed by atoms with van der Waals surface area (Å²) < 4.78 is 28.0. The Morgan fingerprint density at radius 2 is 1.55 bits per heavy atom. The molecule has 7 nitrogen and oxygen atoms in total. The van der Waals surface area contributed by atoms with Crippen LogP contribution in [-0.4, -0.2) is 55.1 Å². The molecule has 0 aliphatic rings. The predicted molar refractivity (Wildman–Crippen MR) is 162 cm³/mol. The van der Waals surface area contributed by atoms with Crippen LogP contribution in [0.15, 0.2) is 94.3 Å². The Bertz CT molecular complexity index is 1350. The van der Waals surface area contributed by atoms with E-state index < -0.39 is 16.1 Å². The Labute approximate surface area is 246 Å². The van der Waals surface area contributed by atoms with Gasteiger partial charge >= 0.3 is 0 Å². The zero-order chi connectivity index (χ0) is 29.1. The van der Waals surface area contributed by atoms with E-state index in [1.165, 1.54) is 11.4 Å². The van der Waals surface area contributed by atoms with Gasteiger partial charge in [0.05, 0.1) is 4.90 Å². The summed E-state index contributed by atoms with van der Waals surface area (Å²) in [6, 6.07) is 24.8. The lowest BCUT2D eigenvalue weighted by Crippen LogP contribution is -2.52. The van der Waals surface area contributed by atoms with Crippen LogP contribution in [0.2, 0.25) is 0 Å². The minimum absolute atomic E-state index is 0.0366. The van der Waals surface area contributed by atoms with Crippen LogP contribution in [0.4, 0.5) is 0 Å². The highest BCUT2D eigenvalue weighted by Crippen LogP contribution is 2.20. The van der Waals surface area contributed by atoms with Crippen molar-refractivity contribution < 1.29 is 18.0 Å². The molecule has 2 amide bonds. The Hall–Kier alpha value is -3.01. The molecule has 3 aromatic rings. The summed E-state index contributed by atoms with van der Waals surface area (Å²) in [5.41, 5.74) is 1.84. The van der Waals surface area contributed by atoms with Crippen LogP contribution in [0.25, 0.3) is 0 Å². The van der Waals surface area contributed by atoms with Gasteiger partial charge in [-0.25, -0.2) is 12.7 Å². The Morgan fingerprint density at radius 3 is 2.17 bits per heavy atom. The van der Waals surface area contributed by atoms with Gasteiger partial charge in [0, 0.05) is 43.5 Å². The van der Waals surface area contributed by atoms with E-state index >= 15 is 0 Å². The molecule has 3 rings (SSSR count). The lowest BCUT2D eigenvalue weighted by Gasteiger charge is -2.32. The second kappa shape index (κ2) is 15.1. The molecule has 0 aliphatic heterocycles. The Kier molecular flexibility index (Phi) is 11.9. The summed E-state index contributed by atoms with van der Waals surface area (Å²) >= 11 is 3.50. The van der Waals surface area contributed by atoms with Gasteiger partial charge < -0.3 is 10.2 Å². The van der Waals surface area contributed by atoms with Crippen LogP contribution in [0.3, 0.4) is 0 Å². The maximum absolute atomic E-state index is 13.8. The normalized spacial score (nSPS) is 13.0. The first-order valence-electron chi connectivity index (χ1n) is 13.5. The third-order valence-electron chi connectivity index (χ3n) is 6.83. The molecule has 0 fully saturated rings. The fourth-order valence-electron chi connectivity index (χ4n) is 4.32. The van der Waals surface area contributed by atoms with Crippen molar-refractivity contribution >= 4 is 37.8 Å². The number of hydrogen-bond acceptors (Lipinski definition) is 4. The van der Waals surface area contributed by atoms with Crippen molar-refractivity contribution in [1.29, 1.82) is 0 Å². The van der Waals surface area contributed by atoms with Gasteiger partial charge in [0.2, 0.25) is 21.8 Å². The first-order valence-corrected chi connectivity index (χ1v) is 15.7. The maximum atomic E-state index is 13.8. The number of nitrogens with zero attached hydrogens (tertiary/aromatic N) is 2. The van der Waals surface area contributed by atoms with Gasteiger partial charge in [0.1, 0.15) is 6.04 Å². The molecular formula is C31H38BrN3O4S. The summed E-state index contributed by atoms with van der Waals surface area (Å²) in [6.45, 7) is 4.38. The molecule has 0 unspecified atom stereocenters. The van der Waals surface area contributed by atoms with Crippen molar-refractivity contribution in [2.24, 2.45) is 0 Å². The van der Waals surface area contributed by atoms with Gasteiger partial charge in [-0.05, 0) is 55.2 Å². The molecule has 0 saturated heterocycles. The highest BCUT2D eigenvalue weighted by Gasteiger charge is 2.31. The molecule has 0 radical (unpaired) electrons. The molecule has 0 bridgehead atoms. The first-order chi connectivity index (χ1) is 19.1. The molecule has 2 atom stereocenters. The maximum Gasteiger partial charge on any atom is 0.243 e. The lowest BCUT2D eigenvalue weighted by atomic mass is 10.0. The predicted octanol–water partition coefficient (Wildman–Crippen LogP) is 5.40. The average molecular weight is 629 g/mol. The van der Waals surface area contributed by atoms with Gasteiger partial charge in [-0.3, -0.25) is 9.59 Å². The molecular weight excluding hydrogens is 590 g/mol.